The van der Waals surface area contributed by atoms with Gasteiger partial charge in [0.05, 0.1) is 29.3 Å². The molecule has 0 saturated carbocycles. The number of ether oxygens (including phenoxy) is 1. The zero-order valence-electron chi connectivity index (χ0n) is 15.7. The lowest BCUT2D eigenvalue weighted by Gasteiger charge is -2.21. The molecule has 7 nitrogen and oxygen atoms in total. The number of nitriles is 1. The molecule has 0 spiro atoms. The molecule has 1 aromatic carbocycles. The Bertz CT molecular complexity index is 1090. The summed E-state index contributed by atoms with van der Waals surface area (Å²) in [6.45, 7) is 5.56. The number of fused-ring (bicyclic) bond motifs is 1. The monoisotopic (exact) mass is 398 g/mol. The number of hydrogen-bond acceptors (Lipinski definition) is 6. The van der Waals surface area contributed by atoms with Crippen LogP contribution in [0.25, 0.3) is 10.9 Å². The van der Waals surface area contributed by atoms with E-state index in [0.29, 0.717) is 22.6 Å². The summed E-state index contributed by atoms with van der Waals surface area (Å²) < 4.78 is 6.47. The second kappa shape index (κ2) is 7.58. The molecule has 2 aromatic heterocycles. The molecule has 0 saturated heterocycles. The van der Waals surface area contributed by atoms with Crippen LogP contribution in [0, 0.1) is 11.3 Å². The third-order valence-electron chi connectivity index (χ3n) is 4.18. The molecule has 144 valence electrons. The third-order valence-corrected chi connectivity index (χ3v) is 4.38. The van der Waals surface area contributed by atoms with E-state index in [2.05, 4.69) is 10.1 Å². The Labute approximate surface area is 167 Å². The first-order chi connectivity index (χ1) is 13.2. The Hall–Kier alpha value is -2.95. The average Bonchev–Trinajstić information content (AvgIpc) is 3.03. The standard InChI is InChI=1S/C20H19ClN4O3/c1-4-28-19(26)15-11-25(24-17(15)8-22)10-12-5-13-7-14(21)9-23-18(13)16(6-12)20(2,3)27/h5-7,9,11,27H,4,10H2,1-3H3. The van der Waals surface area contributed by atoms with Crippen molar-refractivity contribution in [2.24, 2.45) is 0 Å². The van der Waals surface area contributed by atoms with E-state index in [4.69, 9.17) is 16.3 Å². The molecular formula is C20H19ClN4O3. The smallest absolute Gasteiger partial charge is 0.342 e. The number of hydrogen-bond donors (Lipinski definition) is 1. The van der Waals surface area contributed by atoms with Crippen LogP contribution < -0.4 is 0 Å². The van der Waals surface area contributed by atoms with E-state index >= 15 is 0 Å². The first kappa shape index (κ1) is 19.8. The number of benzene rings is 1. The minimum Gasteiger partial charge on any atom is -0.462 e. The van der Waals surface area contributed by atoms with E-state index in [1.807, 2.05) is 18.2 Å². The molecule has 0 radical (unpaired) electrons. The first-order valence-electron chi connectivity index (χ1n) is 8.68. The van der Waals surface area contributed by atoms with Crippen molar-refractivity contribution < 1.29 is 14.6 Å². The normalized spacial score (nSPS) is 11.4. The van der Waals surface area contributed by atoms with Crippen LogP contribution >= 0.6 is 11.6 Å². The number of aliphatic hydroxyl groups is 1. The van der Waals surface area contributed by atoms with Gasteiger partial charge in [-0.2, -0.15) is 10.4 Å². The van der Waals surface area contributed by atoms with Crippen molar-refractivity contribution in [2.75, 3.05) is 6.61 Å². The SMILES string of the molecule is CCOC(=O)c1cn(Cc2cc(C(C)(C)O)c3ncc(Cl)cc3c2)nc1C#N. The van der Waals surface area contributed by atoms with Gasteiger partial charge in [-0.1, -0.05) is 11.6 Å². The van der Waals surface area contributed by atoms with Gasteiger partial charge in [0, 0.05) is 23.3 Å². The van der Waals surface area contributed by atoms with E-state index in [0.717, 1.165) is 10.9 Å². The lowest BCUT2D eigenvalue weighted by molar-refractivity contribution is 0.0525. The van der Waals surface area contributed by atoms with Crippen molar-refractivity contribution in [3.8, 4) is 6.07 Å². The fourth-order valence-electron chi connectivity index (χ4n) is 2.97. The van der Waals surface area contributed by atoms with Gasteiger partial charge in [0.1, 0.15) is 11.6 Å². The number of nitrogens with zero attached hydrogens (tertiary/aromatic N) is 4. The maximum absolute atomic E-state index is 12.0. The highest BCUT2D eigenvalue weighted by Gasteiger charge is 2.22. The maximum atomic E-state index is 12.0. The van der Waals surface area contributed by atoms with Crippen LogP contribution in [-0.2, 0) is 16.9 Å². The predicted molar refractivity (Wildman–Crippen MR) is 104 cm³/mol. The number of carbonyl (C=O) groups is 1. The van der Waals surface area contributed by atoms with Gasteiger partial charge >= 0.3 is 5.97 Å². The van der Waals surface area contributed by atoms with Crippen molar-refractivity contribution in [2.45, 2.75) is 32.9 Å². The molecule has 0 bridgehead atoms. The molecule has 8 heteroatoms. The summed E-state index contributed by atoms with van der Waals surface area (Å²) in [6, 6.07) is 7.41. The van der Waals surface area contributed by atoms with Crippen molar-refractivity contribution in [3.63, 3.8) is 0 Å². The molecule has 2 heterocycles. The van der Waals surface area contributed by atoms with Crippen LogP contribution in [0.15, 0.2) is 30.6 Å². The molecule has 1 N–H and O–H groups in total. The van der Waals surface area contributed by atoms with Crippen LogP contribution in [0.1, 0.15) is 48.0 Å². The van der Waals surface area contributed by atoms with E-state index in [1.54, 1.807) is 26.8 Å². The highest BCUT2D eigenvalue weighted by molar-refractivity contribution is 6.31. The zero-order valence-corrected chi connectivity index (χ0v) is 16.5. The Morgan fingerprint density at radius 3 is 2.79 bits per heavy atom. The van der Waals surface area contributed by atoms with Crippen molar-refractivity contribution >= 4 is 28.5 Å². The summed E-state index contributed by atoms with van der Waals surface area (Å²) in [5, 5.41) is 25.2. The second-order valence-electron chi connectivity index (χ2n) is 6.85. The molecule has 3 aromatic rings. The van der Waals surface area contributed by atoms with Crippen LogP contribution in [0.5, 0.6) is 0 Å². The van der Waals surface area contributed by atoms with Gasteiger partial charge in [-0.3, -0.25) is 9.67 Å². The van der Waals surface area contributed by atoms with Gasteiger partial charge in [0.25, 0.3) is 0 Å². The molecule has 0 amide bonds. The third kappa shape index (κ3) is 3.98. The highest BCUT2D eigenvalue weighted by atomic mass is 35.5. The summed E-state index contributed by atoms with van der Waals surface area (Å²) in [5.41, 5.74) is 1.13. The highest BCUT2D eigenvalue weighted by Crippen LogP contribution is 2.30. The van der Waals surface area contributed by atoms with Gasteiger partial charge in [-0.15, -0.1) is 0 Å². The molecule has 0 aliphatic heterocycles. The van der Waals surface area contributed by atoms with Crippen LogP contribution in [0.3, 0.4) is 0 Å². The van der Waals surface area contributed by atoms with E-state index in [-0.39, 0.29) is 17.9 Å². The van der Waals surface area contributed by atoms with Gasteiger partial charge in [0.15, 0.2) is 5.69 Å². The Kier molecular flexibility index (Phi) is 5.36. The summed E-state index contributed by atoms with van der Waals surface area (Å²) >= 11 is 6.08. The summed E-state index contributed by atoms with van der Waals surface area (Å²) in [5.74, 6) is -0.586. The summed E-state index contributed by atoms with van der Waals surface area (Å²) in [6.07, 6.45) is 3.03. The minimum absolute atomic E-state index is 0.00617. The predicted octanol–water partition coefficient (Wildman–Crippen LogP) is 3.41. The molecule has 0 unspecified atom stereocenters. The van der Waals surface area contributed by atoms with Crippen molar-refractivity contribution in [3.05, 3.63) is 58.0 Å². The molecule has 0 aliphatic carbocycles. The number of halogens is 1. The Balaban J connectivity index is 2.06. The van der Waals surface area contributed by atoms with Gasteiger partial charge in [0.2, 0.25) is 0 Å². The number of pyridine rings is 1. The van der Waals surface area contributed by atoms with Gasteiger partial charge in [-0.05, 0) is 44.5 Å². The Morgan fingerprint density at radius 1 is 1.39 bits per heavy atom. The topological polar surface area (TPSA) is 101 Å². The first-order valence-corrected chi connectivity index (χ1v) is 9.06. The van der Waals surface area contributed by atoms with E-state index < -0.39 is 11.6 Å². The quantitative estimate of drug-likeness (QED) is 0.661. The average molecular weight is 399 g/mol. The minimum atomic E-state index is -1.12. The zero-order chi connectivity index (χ0) is 20.5. The van der Waals surface area contributed by atoms with E-state index in [9.17, 15) is 15.2 Å². The van der Waals surface area contributed by atoms with Crippen molar-refractivity contribution in [1.82, 2.24) is 14.8 Å². The van der Waals surface area contributed by atoms with Crippen LogP contribution in [-0.4, -0.2) is 32.4 Å². The molecule has 28 heavy (non-hydrogen) atoms. The van der Waals surface area contributed by atoms with E-state index in [1.165, 1.54) is 17.1 Å². The molecule has 0 atom stereocenters. The number of esters is 1. The van der Waals surface area contributed by atoms with Gasteiger partial charge in [-0.25, -0.2) is 4.79 Å². The second-order valence-corrected chi connectivity index (χ2v) is 7.29. The fourth-order valence-corrected chi connectivity index (χ4v) is 3.14. The number of rotatable bonds is 5. The maximum Gasteiger partial charge on any atom is 0.342 e. The summed E-state index contributed by atoms with van der Waals surface area (Å²) in [4.78, 5) is 16.4. The van der Waals surface area contributed by atoms with Crippen LogP contribution in [0.2, 0.25) is 5.02 Å². The van der Waals surface area contributed by atoms with Crippen LogP contribution in [0.4, 0.5) is 0 Å². The van der Waals surface area contributed by atoms with Gasteiger partial charge < -0.3 is 9.84 Å². The van der Waals surface area contributed by atoms with Crippen molar-refractivity contribution in [1.29, 1.82) is 5.26 Å². The fraction of sp³-hybridized carbons (Fsp3) is 0.300. The molecule has 0 aliphatic rings. The number of aromatic nitrogens is 3. The largest absolute Gasteiger partial charge is 0.462 e. The Morgan fingerprint density at radius 2 is 2.14 bits per heavy atom. The summed E-state index contributed by atoms with van der Waals surface area (Å²) in [7, 11) is 0. The molecule has 0 fully saturated rings. The molecular weight excluding hydrogens is 380 g/mol. The molecule has 3 rings (SSSR count). The lowest BCUT2D eigenvalue weighted by atomic mass is 9.93. The lowest BCUT2D eigenvalue weighted by Crippen LogP contribution is -2.17. The number of carbonyl (C=O) groups excluding carboxylic acids is 1.